The minimum Gasteiger partial charge on any atom is -0.497 e. The van der Waals surface area contributed by atoms with Crippen LogP contribution in [-0.2, 0) is 4.74 Å². The quantitative estimate of drug-likeness (QED) is 0.873. The van der Waals surface area contributed by atoms with E-state index >= 15 is 0 Å². The largest absolute Gasteiger partial charge is 0.497 e. The van der Waals surface area contributed by atoms with Crippen molar-refractivity contribution in [2.24, 2.45) is 10.2 Å². The molecule has 2 aromatic rings. The molecule has 2 atom stereocenters. The van der Waals surface area contributed by atoms with Crippen LogP contribution in [0, 0.1) is 0 Å². The third kappa shape index (κ3) is 2.67. The molecule has 0 aliphatic carbocycles. The van der Waals surface area contributed by atoms with E-state index in [9.17, 15) is 5.11 Å². The van der Waals surface area contributed by atoms with Gasteiger partial charge in [0.25, 0.3) is 0 Å². The maximum Gasteiger partial charge on any atom is 0.245 e. The van der Waals surface area contributed by atoms with Gasteiger partial charge in [-0.25, -0.2) is 0 Å². The first-order valence-corrected chi connectivity index (χ1v) is 7.06. The van der Waals surface area contributed by atoms with Crippen molar-refractivity contribution >= 4 is 16.5 Å². The molecule has 0 aromatic heterocycles. The molecule has 1 N–H and O–H groups in total. The summed E-state index contributed by atoms with van der Waals surface area (Å²) >= 11 is 0. The summed E-state index contributed by atoms with van der Waals surface area (Å²) in [5.74, 6) is 1.44. The molecule has 0 saturated carbocycles. The Morgan fingerprint density at radius 1 is 1.18 bits per heavy atom. The van der Waals surface area contributed by atoms with Gasteiger partial charge >= 0.3 is 0 Å². The molecule has 0 fully saturated rings. The second-order valence-corrected chi connectivity index (χ2v) is 5.48. The van der Waals surface area contributed by atoms with E-state index < -0.39 is 11.8 Å². The fourth-order valence-electron chi connectivity index (χ4n) is 2.44. The first kappa shape index (κ1) is 14.5. The van der Waals surface area contributed by atoms with Gasteiger partial charge in [-0.05, 0) is 48.0 Å². The smallest absolute Gasteiger partial charge is 0.245 e. The van der Waals surface area contributed by atoms with E-state index in [0.29, 0.717) is 11.4 Å². The zero-order valence-electron chi connectivity index (χ0n) is 12.8. The van der Waals surface area contributed by atoms with E-state index in [-0.39, 0.29) is 0 Å². The van der Waals surface area contributed by atoms with Crippen LogP contribution in [0.4, 0.5) is 5.69 Å². The fourth-order valence-corrected chi connectivity index (χ4v) is 2.44. The summed E-state index contributed by atoms with van der Waals surface area (Å²) in [6.45, 7) is 3.49. The SMILES string of the molecule is COc1ccc2ccc(N=NC3(C)OC(C)=CC3O)cc2c1. The zero-order valence-corrected chi connectivity index (χ0v) is 12.8. The summed E-state index contributed by atoms with van der Waals surface area (Å²) in [6.07, 6.45) is 0.835. The van der Waals surface area contributed by atoms with Crippen LogP contribution in [0.5, 0.6) is 5.75 Å². The fraction of sp³-hybridized carbons (Fsp3) is 0.294. The number of azo groups is 1. The maximum atomic E-state index is 9.97. The molecule has 5 heteroatoms. The highest BCUT2D eigenvalue weighted by molar-refractivity contribution is 5.86. The Bertz CT molecular complexity index is 770. The number of nitrogens with zero attached hydrogens (tertiary/aromatic N) is 2. The van der Waals surface area contributed by atoms with Gasteiger partial charge in [0.1, 0.15) is 11.9 Å². The maximum absolute atomic E-state index is 9.97. The lowest BCUT2D eigenvalue weighted by Crippen LogP contribution is -2.33. The van der Waals surface area contributed by atoms with Gasteiger partial charge in [-0.3, -0.25) is 0 Å². The molecule has 0 bridgehead atoms. The molecule has 5 nitrogen and oxygen atoms in total. The molecule has 0 saturated heterocycles. The summed E-state index contributed by atoms with van der Waals surface area (Å²) in [5, 5.41) is 20.5. The second kappa shape index (κ2) is 5.42. The van der Waals surface area contributed by atoms with E-state index in [1.165, 1.54) is 0 Å². The number of allylic oxidation sites excluding steroid dienone is 1. The Hall–Kier alpha value is -2.40. The molecule has 1 aliphatic rings. The molecule has 1 aliphatic heterocycles. The van der Waals surface area contributed by atoms with Crippen molar-refractivity contribution in [1.82, 2.24) is 0 Å². The van der Waals surface area contributed by atoms with Gasteiger partial charge in [-0.15, -0.1) is 5.11 Å². The zero-order chi connectivity index (χ0) is 15.7. The number of rotatable bonds is 3. The van der Waals surface area contributed by atoms with Gasteiger partial charge in [-0.1, -0.05) is 12.1 Å². The normalized spacial score (nSPS) is 24.5. The Balaban J connectivity index is 1.89. The van der Waals surface area contributed by atoms with Crippen LogP contribution in [0.15, 0.2) is 58.5 Å². The lowest BCUT2D eigenvalue weighted by atomic mass is 10.1. The number of ether oxygens (including phenoxy) is 2. The van der Waals surface area contributed by atoms with Gasteiger partial charge in [0.2, 0.25) is 5.72 Å². The Morgan fingerprint density at radius 2 is 1.95 bits per heavy atom. The van der Waals surface area contributed by atoms with Crippen LogP contribution in [0.1, 0.15) is 13.8 Å². The van der Waals surface area contributed by atoms with Gasteiger partial charge in [0, 0.05) is 6.92 Å². The third-order valence-electron chi connectivity index (χ3n) is 3.70. The lowest BCUT2D eigenvalue weighted by Gasteiger charge is -2.21. The predicted octanol–water partition coefficient (Wildman–Crippen LogP) is 3.94. The van der Waals surface area contributed by atoms with Gasteiger partial charge in [0.15, 0.2) is 0 Å². The first-order chi connectivity index (χ1) is 10.5. The number of aliphatic hydroxyl groups excluding tert-OH is 1. The highest BCUT2D eigenvalue weighted by Gasteiger charge is 2.39. The van der Waals surface area contributed by atoms with E-state index in [2.05, 4.69) is 10.2 Å². The summed E-state index contributed by atoms with van der Waals surface area (Å²) in [5.41, 5.74) is -0.365. The first-order valence-electron chi connectivity index (χ1n) is 7.06. The number of methoxy groups -OCH3 is 1. The number of fused-ring (bicyclic) bond motifs is 1. The van der Waals surface area contributed by atoms with E-state index in [1.54, 1.807) is 27.0 Å². The van der Waals surface area contributed by atoms with Gasteiger partial charge < -0.3 is 14.6 Å². The second-order valence-electron chi connectivity index (χ2n) is 5.48. The topological polar surface area (TPSA) is 63.4 Å². The van der Waals surface area contributed by atoms with Crippen LogP contribution < -0.4 is 4.74 Å². The van der Waals surface area contributed by atoms with E-state index in [4.69, 9.17) is 9.47 Å². The molecule has 2 unspecified atom stereocenters. The molecular formula is C17H18N2O3. The molecule has 114 valence electrons. The highest BCUT2D eigenvalue weighted by Crippen LogP contribution is 2.32. The highest BCUT2D eigenvalue weighted by atomic mass is 16.5. The Labute approximate surface area is 128 Å². The summed E-state index contributed by atoms with van der Waals surface area (Å²) < 4.78 is 10.8. The van der Waals surface area contributed by atoms with Crippen molar-refractivity contribution in [2.45, 2.75) is 25.7 Å². The van der Waals surface area contributed by atoms with Crippen molar-refractivity contribution in [3.8, 4) is 5.75 Å². The summed E-state index contributed by atoms with van der Waals surface area (Å²) in [4.78, 5) is 0. The minimum atomic E-state index is -1.06. The monoisotopic (exact) mass is 298 g/mol. The lowest BCUT2D eigenvalue weighted by molar-refractivity contribution is -0.0315. The van der Waals surface area contributed by atoms with Crippen molar-refractivity contribution in [3.05, 3.63) is 48.2 Å². The number of hydrogen-bond acceptors (Lipinski definition) is 5. The van der Waals surface area contributed by atoms with Crippen LogP contribution in [0.3, 0.4) is 0 Å². The van der Waals surface area contributed by atoms with Crippen molar-refractivity contribution in [1.29, 1.82) is 0 Å². The standard InChI is InChI=1S/C17H18N2O3/c1-11-8-16(20)17(2,22-11)19-18-14-6-4-12-5-7-15(21-3)10-13(12)9-14/h4-10,16,20H,1-3H3. The van der Waals surface area contributed by atoms with Crippen molar-refractivity contribution < 1.29 is 14.6 Å². The minimum absolute atomic E-state index is 0.650. The molecule has 1 heterocycles. The molecule has 3 rings (SSSR count). The van der Waals surface area contributed by atoms with Crippen LogP contribution in [0.25, 0.3) is 10.8 Å². The van der Waals surface area contributed by atoms with Crippen LogP contribution in [0.2, 0.25) is 0 Å². The Kier molecular flexibility index (Phi) is 3.58. The van der Waals surface area contributed by atoms with Crippen molar-refractivity contribution in [3.63, 3.8) is 0 Å². The van der Waals surface area contributed by atoms with Gasteiger partial charge in [-0.2, -0.15) is 5.11 Å². The van der Waals surface area contributed by atoms with E-state index in [1.807, 2.05) is 36.4 Å². The predicted molar refractivity (Wildman–Crippen MR) is 84.3 cm³/mol. The van der Waals surface area contributed by atoms with Crippen LogP contribution in [-0.4, -0.2) is 24.0 Å². The summed E-state index contributed by atoms with van der Waals surface area (Å²) in [7, 11) is 1.64. The molecular weight excluding hydrogens is 280 g/mol. The number of hydrogen-bond donors (Lipinski definition) is 1. The van der Waals surface area contributed by atoms with E-state index in [0.717, 1.165) is 16.5 Å². The molecule has 0 spiro atoms. The summed E-state index contributed by atoms with van der Waals surface area (Å²) in [6, 6.07) is 11.6. The average Bonchev–Trinajstić information content (AvgIpc) is 2.77. The Morgan fingerprint density at radius 3 is 2.64 bits per heavy atom. The number of benzene rings is 2. The van der Waals surface area contributed by atoms with Crippen molar-refractivity contribution in [2.75, 3.05) is 7.11 Å². The van der Waals surface area contributed by atoms with Gasteiger partial charge in [0.05, 0.1) is 18.6 Å². The average molecular weight is 298 g/mol. The third-order valence-corrected chi connectivity index (χ3v) is 3.70. The molecule has 0 radical (unpaired) electrons. The number of aliphatic hydroxyl groups is 1. The molecule has 0 amide bonds. The molecule has 2 aromatic carbocycles. The molecule has 22 heavy (non-hydrogen) atoms. The van der Waals surface area contributed by atoms with Crippen LogP contribution >= 0.6 is 0 Å².